The third-order valence-electron chi connectivity index (χ3n) is 5.07. The number of ketones is 1. The van der Waals surface area contributed by atoms with Crippen molar-refractivity contribution in [3.8, 4) is 0 Å². The molecule has 1 fully saturated rings. The fourth-order valence-corrected chi connectivity index (χ4v) is 3.68. The number of anilines is 1. The van der Waals surface area contributed by atoms with Gasteiger partial charge in [-0.25, -0.2) is 4.39 Å². The topological polar surface area (TPSA) is 57.6 Å². The molecular formula is C24H17ClFNO3. The quantitative estimate of drug-likeness (QED) is 0.349. The number of halogens is 2. The van der Waals surface area contributed by atoms with Crippen molar-refractivity contribution in [2.24, 2.45) is 0 Å². The molecule has 1 aliphatic rings. The van der Waals surface area contributed by atoms with Crippen LogP contribution >= 0.6 is 11.6 Å². The molecular weight excluding hydrogens is 405 g/mol. The average molecular weight is 422 g/mol. The van der Waals surface area contributed by atoms with E-state index in [0.29, 0.717) is 16.3 Å². The van der Waals surface area contributed by atoms with Crippen molar-refractivity contribution >= 4 is 34.7 Å². The van der Waals surface area contributed by atoms with Gasteiger partial charge in [0.15, 0.2) is 0 Å². The number of carbonyl (C=O) groups excluding carboxylic acids is 2. The van der Waals surface area contributed by atoms with E-state index in [1.54, 1.807) is 42.5 Å². The molecule has 1 saturated heterocycles. The number of hydrogen-bond donors (Lipinski definition) is 1. The summed E-state index contributed by atoms with van der Waals surface area (Å²) in [6.07, 6.45) is 0. The average Bonchev–Trinajstić information content (AvgIpc) is 3.00. The maximum absolute atomic E-state index is 14.8. The van der Waals surface area contributed by atoms with E-state index in [1.165, 1.54) is 35.2 Å². The van der Waals surface area contributed by atoms with E-state index >= 15 is 0 Å². The van der Waals surface area contributed by atoms with Crippen molar-refractivity contribution in [1.82, 2.24) is 0 Å². The summed E-state index contributed by atoms with van der Waals surface area (Å²) in [6, 6.07) is 18.0. The Kier molecular flexibility index (Phi) is 5.14. The van der Waals surface area contributed by atoms with E-state index in [9.17, 15) is 19.1 Å². The summed E-state index contributed by atoms with van der Waals surface area (Å²) in [4.78, 5) is 27.2. The number of aryl methyl sites for hydroxylation is 1. The first-order valence-corrected chi connectivity index (χ1v) is 9.64. The molecule has 0 saturated carbocycles. The summed E-state index contributed by atoms with van der Waals surface area (Å²) in [7, 11) is 0. The van der Waals surface area contributed by atoms with Crippen molar-refractivity contribution in [2.45, 2.75) is 13.0 Å². The molecule has 1 aliphatic heterocycles. The molecule has 150 valence electrons. The number of hydrogen-bond acceptors (Lipinski definition) is 3. The first kappa shape index (κ1) is 19.9. The van der Waals surface area contributed by atoms with Crippen molar-refractivity contribution in [2.75, 3.05) is 4.90 Å². The van der Waals surface area contributed by atoms with Crippen LogP contribution in [0.3, 0.4) is 0 Å². The Hall–Kier alpha value is -3.44. The maximum atomic E-state index is 14.8. The smallest absolute Gasteiger partial charge is 0.300 e. The van der Waals surface area contributed by atoms with Crippen LogP contribution in [0.15, 0.2) is 78.4 Å². The van der Waals surface area contributed by atoms with Crippen LogP contribution in [0.5, 0.6) is 0 Å². The molecule has 0 bridgehead atoms. The second kappa shape index (κ2) is 7.76. The highest BCUT2D eigenvalue weighted by atomic mass is 35.5. The highest BCUT2D eigenvalue weighted by Crippen LogP contribution is 2.42. The summed E-state index contributed by atoms with van der Waals surface area (Å²) in [5.74, 6) is -2.67. The Morgan fingerprint density at radius 1 is 0.967 bits per heavy atom. The fraction of sp³-hybridized carbons (Fsp3) is 0.0833. The zero-order chi connectivity index (χ0) is 21.4. The Labute approximate surface area is 177 Å². The van der Waals surface area contributed by atoms with Crippen LogP contribution in [0.25, 0.3) is 5.76 Å². The first-order valence-electron chi connectivity index (χ1n) is 9.26. The molecule has 1 atom stereocenters. The standard InChI is InChI=1S/C24H17ClFNO3/c1-14-6-12-17(13-7-14)27-21(18-4-2-3-5-19(18)26)20(23(29)24(27)30)22(28)15-8-10-16(25)11-9-15/h2-13,21,28H,1H3/b22-20+. The molecule has 0 spiro atoms. The zero-order valence-corrected chi connectivity index (χ0v) is 16.7. The lowest BCUT2D eigenvalue weighted by Gasteiger charge is -2.25. The number of aliphatic hydroxyl groups excluding tert-OH is 1. The Morgan fingerprint density at radius 3 is 2.23 bits per heavy atom. The predicted molar refractivity (Wildman–Crippen MR) is 114 cm³/mol. The van der Waals surface area contributed by atoms with Gasteiger partial charge in [0.2, 0.25) is 0 Å². The van der Waals surface area contributed by atoms with Crippen LogP contribution in [0.2, 0.25) is 5.02 Å². The monoisotopic (exact) mass is 421 g/mol. The van der Waals surface area contributed by atoms with E-state index in [2.05, 4.69) is 0 Å². The number of carbonyl (C=O) groups is 2. The minimum atomic E-state index is -1.11. The molecule has 0 aliphatic carbocycles. The van der Waals surface area contributed by atoms with Gasteiger partial charge in [0, 0.05) is 21.8 Å². The third kappa shape index (κ3) is 3.37. The lowest BCUT2D eigenvalue weighted by molar-refractivity contribution is -0.132. The van der Waals surface area contributed by atoms with E-state index in [1.807, 2.05) is 6.92 Å². The van der Waals surface area contributed by atoms with Crippen molar-refractivity contribution in [1.29, 1.82) is 0 Å². The molecule has 0 radical (unpaired) electrons. The Bertz CT molecular complexity index is 1170. The van der Waals surface area contributed by atoms with Crippen LogP contribution in [0.4, 0.5) is 10.1 Å². The van der Waals surface area contributed by atoms with E-state index in [-0.39, 0.29) is 16.9 Å². The molecule has 1 amide bonds. The van der Waals surface area contributed by atoms with Gasteiger partial charge in [-0.2, -0.15) is 0 Å². The number of nitrogens with zero attached hydrogens (tertiary/aromatic N) is 1. The highest BCUT2D eigenvalue weighted by Gasteiger charge is 2.47. The van der Waals surface area contributed by atoms with Crippen molar-refractivity contribution < 1.29 is 19.1 Å². The lowest BCUT2D eigenvalue weighted by Crippen LogP contribution is -2.29. The molecule has 1 N–H and O–H groups in total. The molecule has 4 nitrogen and oxygen atoms in total. The summed E-state index contributed by atoms with van der Waals surface area (Å²) >= 11 is 5.91. The van der Waals surface area contributed by atoms with E-state index in [0.717, 1.165) is 5.56 Å². The van der Waals surface area contributed by atoms with Crippen molar-refractivity contribution in [3.05, 3.63) is 106 Å². The normalized spacial score (nSPS) is 18.1. The zero-order valence-electron chi connectivity index (χ0n) is 16.0. The third-order valence-corrected chi connectivity index (χ3v) is 5.33. The number of rotatable bonds is 3. The van der Waals surface area contributed by atoms with E-state index in [4.69, 9.17) is 11.6 Å². The number of amides is 1. The second-order valence-corrected chi connectivity index (χ2v) is 7.47. The SMILES string of the molecule is Cc1ccc(N2C(=O)C(=O)/C(=C(/O)c3ccc(Cl)cc3)C2c2ccccc2F)cc1. The molecule has 4 rings (SSSR count). The molecule has 3 aromatic rings. The number of benzene rings is 3. The summed E-state index contributed by atoms with van der Waals surface area (Å²) in [5, 5.41) is 11.4. The van der Waals surface area contributed by atoms with E-state index < -0.39 is 23.5 Å². The molecule has 0 aromatic heterocycles. The summed E-state index contributed by atoms with van der Waals surface area (Å²) in [6.45, 7) is 1.90. The van der Waals surface area contributed by atoms with Gasteiger partial charge < -0.3 is 5.11 Å². The summed E-state index contributed by atoms with van der Waals surface area (Å²) < 4.78 is 14.8. The Balaban J connectivity index is 1.96. The molecule has 1 heterocycles. The first-order chi connectivity index (χ1) is 14.4. The summed E-state index contributed by atoms with van der Waals surface area (Å²) in [5.41, 5.74) is 1.66. The van der Waals surface area contributed by atoms with Gasteiger partial charge in [0.1, 0.15) is 11.6 Å². The van der Waals surface area contributed by atoms with Gasteiger partial charge in [-0.1, -0.05) is 47.5 Å². The number of Topliss-reactive ketones (excluding diaryl/α,β-unsaturated/α-hetero) is 1. The number of aliphatic hydroxyl groups is 1. The minimum Gasteiger partial charge on any atom is -0.507 e. The van der Waals surface area contributed by atoms with Crippen LogP contribution in [0, 0.1) is 12.7 Å². The van der Waals surface area contributed by atoms with Gasteiger partial charge in [0.05, 0.1) is 11.6 Å². The van der Waals surface area contributed by atoms with Gasteiger partial charge in [-0.15, -0.1) is 0 Å². The van der Waals surface area contributed by atoms with Gasteiger partial charge in [0.25, 0.3) is 11.7 Å². The lowest BCUT2D eigenvalue weighted by atomic mass is 9.94. The maximum Gasteiger partial charge on any atom is 0.300 e. The molecule has 3 aromatic carbocycles. The van der Waals surface area contributed by atoms with Gasteiger partial charge in [-0.3, -0.25) is 14.5 Å². The van der Waals surface area contributed by atoms with Crippen LogP contribution < -0.4 is 4.90 Å². The fourth-order valence-electron chi connectivity index (χ4n) is 3.56. The molecule has 30 heavy (non-hydrogen) atoms. The Morgan fingerprint density at radius 2 is 1.60 bits per heavy atom. The highest BCUT2D eigenvalue weighted by molar-refractivity contribution is 6.51. The van der Waals surface area contributed by atoms with Gasteiger partial charge >= 0.3 is 0 Å². The second-order valence-electron chi connectivity index (χ2n) is 7.03. The van der Waals surface area contributed by atoms with Gasteiger partial charge in [-0.05, 0) is 49.4 Å². The molecule has 1 unspecified atom stereocenters. The minimum absolute atomic E-state index is 0.118. The van der Waals surface area contributed by atoms with Crippen LogP contribution in [-0.4, -0.2) is 16.8 Å². The van der Waals surface area contributed by atoms with Crippen LogP contribution in [0.1, 0.15) is 22.7 Å². The largest absolute Gasteiger partial charge is 0.507 e. The predicted octanol–water partition coefficient (Wildman–Crippen LogP) is 5.41. The van der Waals surface area contributed by atoms with Crippen molar-refractivity contribution in [3.63, 3.8) is 0 Å². The van der Waals surface area contributed by atoms with Crippen LogP contribution in [-0.2, 0) is 9.59 Å². The molecule has 6 heteroatoms.